The van der Waals surface area contributed by atoms with Crippen LogP contribution in [0.3, 0.4) is 0 Å². The van der Waals surface area contributed by atoms with Gasteiger partial charge in [0.05, 0.1) is 0 Å². The van der Waals surface area contributed by atoms with Crippen molar-refractivity contribution in [3.8, 4) is 0 Å². The van der Waals surface area contributed by atoms with Crippen molar-refractivity contribution in [3.05, 3.63) is 57.0 Å². The average molecular weight is 572 g/mol. The number of pyridine rings is 2. The summed E-state index contributed by atoms with van der Waals surface area (Å²) in [4.78, 5) is 8.27. The van der Waals surface area contributed by atoms with Gasteiger partial charge in [-0.15, -0.1) is 49.6 Å². The third-order valence-corrected chi connectivity index (χ3v) is 4.97. The number of halogens is 6. The number of rotatable bonds is 2. The SMILES string of the molecule is Cl.Cl.Cl.Cl.N[C@@H]1C[C@H]1c1ccc(Br)nc1.N[C@H]1C[C@@H]1c1ccc(Br)nc1. The molecule has 4 nitrogen and oxygen atoms in total. The molecule has 2 aromatic rings. The first-order valence-electron chi connectivity index (χ1n) is 7.28. The van der Waals surface area contributed by atoms with Crippen molar-refractivity contribution in [2.75, 3.05) is 0 Å². The second kappa shape index (κ2) is 12.7. The van der Waals surface area contributed by atoms with Crippen molar-refractivity contribution in [2.45, 2.75) is 36.8 Å². The summed E-state index contributed by atoms with van der Waals surface area (Å²) in [5.74, 6) is 1.13. The van der Waals surface area contributed by atoms with E-state index in [0.717, 1.165) is 22.0 Å². The van der Waals surface area contributed by atoms with Crippen molar-refractivity contribution in [1.29, 1.82) is 0 Å². The molecule has 0 aliphatic heterocycles. The van der Waals surface area contributed by atoms with Crippen molar-refractivity contribution in [3.63, 3.8) is 0 Å². The molecule has 26 heavy (non-hydrogen) atoms. The molecular formula is C16H22Br2Cl4N4. The van der Waals surface area contributed by atoms with Gasteiger partial charge in [0.1, 0.15) is 9.21 Å². The highest BCUT2D eigenvalue weighted by Gasteiger charge is 2.35. The van der Waals surface area contributed by atoms with Crippen LogP contribution in [0.15, 0.2) is 45.9 Å². The lowest BCUT2D eigenvalue weighted by Crippen LogP contribution is -2.00. The number of nitrogens with zero attached hydrogens (tertiary/aromatic N) is 2. The number of nitrogens with two attached hydrogens (primary N) is 2. The van der Waals surface area contributed by atoms with E-state index in [9.17, 15) is 0 Å². The minimum absolute atomic E-state index is 0. The Hall–Kier alpha value is 0.340. The Morgan fingerprint density at radius 1 is 0.692 bits per heavy atom. The van der Waals surface area contributed by atoms with Crippen molar-refractivity contribution in [2.24, 2.45) is 11.5 Å². The summed E-state index contributed by atoms with van der Waals surface area (Å²) in [5.41, 5.74) is 13.9. The van der Waals surface area contributed by atoms with Gasteiger partial charge in [0.15, 0.2) is 0 Å². The van der Waals surface area contributed by atoms with Crippen molar-refractivity contribution < 1.29 is 0 Å². The van der Waals surface area contributed by atoms with Crippen LogP contribution in [0.2, 0.25) is 0 Å². The normalized spacial score (nSPS) is 24.2. The van der Waals surface area contributed by atoms with Gasteiger partial charge in [-0.1, -0.05) is 12.1 Å². The second-order valence-electron chi connectivity index (χ2n) is 5.84. The van der Waals surface area contributed by atoms with Crippen molar-refractivity contribution in [1.82, 2.24) is 9.97 Å². The number of aromatic nitrogens is 2. The van der Waals surface area contributed by atoms with Crippen LogP contribution in [0.1, 0.15) is 35.8 Å². The second-order valence-corrected chi connectivity index (χ2v) is 7.47. The van der Waals surface area contributed by atoms with Crippen LogP contribution >= 0.6 is 81.5 Å². The summed E-state index contributed by atoms with van der Waals surface area (Å²) in [5, 5.41) is 0. The molecule has 4 N–H and O–H groups in total. The standard InChI is InChI=1S/2C8H9BrN2.4ClH/c2*9-8-2-1-5(4-11-8)6-3-7(6)10;;;;/h2*1-2,4,6-7H,3,10H2;4*1H/t2*6-,7+;;;;/m10..../s1. The Labute approximate surface area is 195 Å². The maximum Gasteiger partial charge on any atom is 0.106 e. The van der Waals surface area contributed by atoms with Crippen LogP contribution in [0.25, 0.3) is 0 Å². The van der Waals surface area contributed by atoms with E-state index in [4.69, 9.17) is 11.5 Å². The molecule has 2 aromatic heterocycles. The zero-order valence-corrected chi connectivity index (χ0v) is 20.1. The fourth-order valence-corrected chi connectivity index (χ4v) is 2.88. The molecule has 0 saturated heterocycles. The van der Waals surface area contributed by atoms with E-state index in [2.05, 4.69) is 54.0 Å². The molecule has 0 unspecified atom stereocenters. The van der Waals surface area contributed by atoms with Crippen LogP contribution < -0.4 is 11.5 Å². The molecule has 2 aliphatic carbocycles. The van der Waals surface area contributed by atoms with Gasteiger partial charge in [-0.25, -0.2) is 9.97 Å². The lowest BCUT2D eigenvalue weighted by molar-refractivity contribution is 0.978. The first kappa shape index (κ1) is 28.5. The number of hydrogen-bond acceptors (Lipinski definition) is 4. The van der Waals surface area contributed by atoms with E-state index in [1.807, 2.05) is 24.5 Å². The fourth-order valence-electron chi connectivity index (χ4n) is 2.41. The Bertz CT molecular complexity index is 588. The molecule has 0 amide bonds. The minimum atomic E-state index is 0. The van der Waals surface area contributed by atoms with E-state index in [1.165, 1.54) is 11.1 Å². The molecular weight excluding hydrogens is 550 g/mol. The summed E-state index contributed by atoms with van der Waals surface area (Å²) in [6.07, 6.45) is 6.01. The van der Waals surface area contributed by atoms with Crippen LogP contribution in [0.4, 0.5) is 0 Å². The molecule has 0 radical (unpaired) electrons. The van der Waals surface area contributed by atoms with Gasteiger partial charge in [0.2, 0.25) is 0 Å². The zero-order chi connectivity index (χ0) is 15.7. The van der Waals surface area contributed by atoms with Gasteiger partial charge in [-0.3, -0.25) is 0 Å². The predicted octanol–water partition coefficient (Wildman–Crippen LogP) is 5.00. The first-order valence-corrected chi connectivity index (χ1v) is 8.87. The van der Waals surface area contributed by atoms with Gasteiger partial charge in [-0.05, 0) is 68.0 Å². The topological polar surface area (TPSA) is 77.8 Å². The van der Waals surface area contributed by atoms with Crippen LogP contribution in [0, 0.1) is 0 Å². The van der Waals surface area contributed by atoms with Crippen LogP contribution in [-0.2, 0) is 0 Å². The fraction of sp³-hybridized carbons (Fsp3) is 0.375. The summed E-state index contributed by atoms with van der Waals surface area (Å²) < 4.78 is 1.77. The van der Waals surface area contributed by atoms with E-state index >= 15 is 0 Å². The van der Waals surface area contributed by atoms with Gasteiger partial charge in [0, 0.05) is 36.3 Å². The van der Waals surface area contributed by atoms with Gasteiger partial charge >= 0.3 is 0 Å². The summed E-state index contributed by atoms with van der Waals surface area (Å²) >= 11 is 6.58. The van der Waals surface area contributed by atoms with E-state index < -0.39 is 0 Å². The van der Waals surface area contributed by atoms with Crippen molar-refractivity contribution >= 4 is 81.5 Å². The number of hydrogen-bond donors (Lipinski definition) is 2. The Morgan fingerprint density at radius 3 is 1.19 bits per heavy atom. The molecule has 148 valence electrons. The molecule has 2 aliphatic rings. The predicted molar refractivity (Wildman–Crippen MR) is 124 cm³/mol. The molecule has 4 rings (SSSR count). The molecule has 4 atom stereocenters. The van der Waals surface area contributed by atoms with Crippen LogP contribution in [-0.4, -0.2) is 22.1 Å². The summed E-state index contributed by atoms with van der Waals surface area (Å²) in [6.45, 7) is 0. The maximum absolute atomic E-state index is 5.70. The summed E-state index contributed by atoms with van der Waals surface area (Å²) in [6, 6.07) is 8.82. The van der Waals surface area contributed by atoms with E-state index in [0.29, 0.717) is 23.9 Å². The molecule has 10 heteroatoms. The smallest absolute Gasteiger partial charge is 0.106 e. The molecule has 2 heterocycles. The molecule has 0 aromatic carbocycles. The lowest BCUT2D eigenvalue weighted by atomic mass is 10.2. The minimum Gasteiger partial charge on any atom is -0.327 e. The third-order valence-electron chi connectivity index (χ3n) is 4.04. The lowest BCUT2D eigenvalue weighted by Gasteiger charge is -1.96. The quantitative estimate of drug-likeness (QED) is 0.497. The molecule has 0 spiro atoms. The molecule has 2 fully saturated rings. The molecule has 0 bridgehead atoms. The maximum atomic E-state index is 5.70. The van der Waals surface area contributed by atoms with E-state index in [1.54, 1.807) is 0 Å². The first-order chi connectivity index (χ1) is 10.5. The molecule has 2 saturated carbocycles. The largest absolute Gasteiger partial charge is 0.327 e. The third kappa shape index (κ3) is 8.15. The Balaban J connectivity index is 0. The van der Waals surface area contributed by atoms with Gasteiger partial charge in [0.25, 0.3) is 0 Å². The Morgan fingerprint density at radius 2 is 1.00 bits per heavy atom. The van der Waals surface area contributed by atoms with E-state index in [-0.39, 0.29) is 49.6 Å². The van der Waals surface area contributed by atoms with Crippen LogP contribution in [0.5, 0.6) is 0 Å². The average Bonchev–Trinajstić information content (AvgIpc) is 3.41. The zero-order valence-electron chi connectivity index (χ0n) is 13.6. The van der Waals surface area contributed by atoms with Gasteiger partial charge < -0.3 is 11.5 Å². The highest BCUT2D eigenvalue weighted by atomic mass is 79.9. The monoisotopic (exact) mass is 568 g/mol. The summed E-state index contributed by atoms with van der Waals surface area (Å²) in [7, 11) is 0. The Kier molecular flexibility index (Phi) is 14.0. The highest BCUT2D eigenvalue weighted by Crippen LogP contribution is 2.39. The highest BCUT2D eigenvalue weighted by molar-refractivity contribution is 9.10. The van der Waals surface area contributed by atoms with Gasteiger partial charge in [-0.2, -0.15) is 0 Å².